The summed E-state index contributed by atoms with van der Waals surface area (Å²) in [5.41, 5.74) is 0.943. The summed E-state index contributed by atoms with van der Waals surface area (Å²) >= 11 is 1.53. The lowest BCUT2D eigenvalue weighted by atomic mass is 9.93. The molecule has 1 aliphatic heterocycles. The predicted octanol–water partition coefficient (Wildman–Crippen LogP) is 2.98. The summed E-state index contributed by atoms with van der Waals surface area (Å²) in [4.78, 5) is 18.9. The third-order valence-corrected chi connectivity index (χ3v) is 5.37. The van der Waals surface area contributed by atoms with E-state index in [1.54, 1.807) is 0 Å². The Morgan fingerprint density at radius 1 is 1.33 bits per heavy atom. The van der Waals surface area contributed by atoms with E-state index in [2.05, 4.69) is 20.5 Å². The minimum atomic E-state index is 0. The smallest absolute Gasteiger partial charge is 0.240 e. The summed E-state index contributed by atoms with van der Waals surface area (Å²) in [5.74, 6) is 0.837. The quantitative estimate of drug-likeness (QED) is 0.823. The highest BCUT2D eigenvalue weighted by Crippen LogP contribution is 2.25. The van der Waals surface area contributed by atoms with Gasteiger partial charge in [-0.05, 0) is 64.0 Å². The van der Waals surface area contributed by atoms with E-state index in [1.165, 1.54) is 30.6 Å². The predicted molar refractivity (Wildman–Crippen MR) is 103 cm³/mol. The fourth-order valence-corrected chi connectivity index (χ4v) is 3.95. The van der Waals surface area contributed by atoms with Gasteiger partial charge in [-0.1, -0.05) is 23.5 Å². The number of aromatic nitrogens is 1. The number of rotatable bonds is 6. The van der Waals surface area contributed by atoms with Crippen LogP contribution in [0, 0.1) is 5.92 Å². The Balaban J connectivity index is 0.00000208. The number of amides is 1. The van der Waals surface area contributed by atoms with Gasteiger partial charge in [0.15, 0.2) is 5.13 Å². The van der Waals surface area contributed by atoms with Gasteiger partial charge in [-0.15, -0.1) is 12.4 Å². The molecule has 2 N–H and O–H groups in total. The maximum Gasteiger partial charge on any atom is 0.240 e. The van der Waals surface area contributed by atoms with Crippen molar-refractivity contribution in [1.82, 2.24) is 15.2 Å². The Bertz CT molecular complexity index is 622. The summed E-state index contributed by atoms with van der Waals surface area (Å²) in [6, 6.07) is 7.95. The van der Waals surface area contributed by atoms with Crippen LogP contribution in [0.1, 0.15) is 19.3 Å². The van der Waals surface area contributed by atoms with E-state index in [-0.39, 0.29) is 18.3 Å². The Kier molecular flexibility index (Phi) is 7.42. The molecule has 0 radical (unpaired) electrons. The minimum absolute atomic E-state index is 0. The summed E-state index contributed by atoms with van der Waals surface area (Å²) in [5, 5.41) is 6.85. The van der Waals surface area contributed by atoms with Crippen LogP contribution in [-0.2, 0) is 4.79 Å². The lowest BCUT2D eigenvalue weighted by Crippen LogP contribution is -2.39. The van der Waals surface area contributed by atoms with Crippen LogP contribution in [-0.4, -0.2) is 49.0 Å². The van der Waals surface area contributed by atoms with E-state index in [4.69, 9.17) is 0 Å². The van der Waals surface area contributed by atoms with Gasteiger partial charge in [0.2, 0.25) is 5.91 Å². The number of likely N-dealkylation sites (tertiary alicyclic amines) is 1. The molecule has 1 aromatic carbocycles. The van der Waals surface area contributed by atoms with E-state index in [9.17, 15) is 4.79 Å². The molecule has 132 valence electrons. The summed E-state index contributed by atoms with van der Waals surface area (Å²) in [6.45, 7) is 3.58. The first-order valence-corrected chi connectivity index (χ1v) is 9.08. The van der Waals surface area contributed by atoms with E-state index in [0.717, 1.165) is 35.8 Å². The molecule has 2 heterocycles. The molecule has 1 aliphatic rings. The highest BCUT2D eigenvalue weighted by atomic mass is 35.5. The highest BCUT2D eigenvalue weighted by Gasteiger charge is 2.20. The molecule has 1 amide bonds. The molecular weight excluding hydrogens is 344 g/mol. The third kappa shape index (κ3) is 5.14. The molecule has 1 fully saturated rings. The zero-order valence-corrected chi connectivity index (χ0v) is 15.6. The van der Waals surface area contributed by atoms with Crippen molar-refractivity contribution in [3.05, 3.63) is 24.3 Å². The lowest BCUT2D eigenvalue weighted by Gasteiger charge is -2.31. The van der Waals surface area contributed by atoms with Crippen LogP contribution >= 0.6 is 23.7 Å². The number of carbonyl (C=O) groups excluding carboxylic acids is 1. The number of thiazole rings is 1. The Morgan fingerprint density at radius 2 is 2.08 bits per heavy atom. The van der Waals surface area contributed by atoms with Crippen molar-refractivity contribution >= 4 is 45.0 Å². The van der Waals surface area contributed by atoms with Gasteiger partial charge in [0.25, 0.3) is 0 Å². The number of carbonyl (C=O) groups is 1. The number of nitrogens with zero attached hydrogens (tertiary/aromatic N) is 2. The molecule has 24 heavy (non-hydrogen) atoms. The van der Waals surface area contributed by atoms with E-state index in [0.29, 0.717) is 11.7 Å². The molecule has 0 bridgehead atoms. The highest BCUT2D eigenvalue weighted by molar-refractivity contribution is 7.22. The van der Waals surface area contributed by atoms with Crippen molar-refractivity contribution in [2.45, 2.75) is 19.3 Å². The second kappa shape index (κ2) is 9.32. The van der Waals surface area contributed by atoms with Crippen LogP contribution in [0.25, 0.3) is 10.2 Å². The number of fused-ring (bicyclic) bond motifs is 1. The van der Waals surface area contributed by atoms with Crippen molar-refractivity contribution in [2.24, 2.45) is 5.92 Å². The van der Waals surface area contributed by atoms with Crippen molar-refractivity contribution in [2.75, 3.05) is 38.5 Å². The van der Waals surface area contributed by atoms with Crippen molar-refractivity contribution < 1.29 is 4.79 Å². The van der Waals surface area contributed by atoms with Gasteiger partial charge in [0.1, 0.15) is 0 Å². The summed E-state index contributed by atoms with van der Waals surface area (Å²) in [7, 11) is 2.00. The number of piperidine rings is 1. The molecule has 0 spiro atoms. The first kappa shape index (κ1) is 19.1. The molecule has 5 nitrogen and oxygen atoms in total. The van der Waals surface area contributed by atoms with Crippen LogP contribution in [0.4, 0.5) is 5.13 Å². The van der Waals surface area contributed by atoms with Crippen LogP contribution in [0.2, 0.25) is 0 Å². The number of para-hydroxylation sites is 1. The Hall–Kier alpha value is -1.21. The maximum atomic E-state index is 12.2. The number of nitrogens with one attached hydrogen (secondary N) is 2. The van der Waals surface area contributed by atoms with Gasteiger partial charge < -0.3 is 10.6 Å². The minimum Gasteiger partial charge on any atom is -0.320 e. The molecular formula is C17H25ClN4OS. The van der Waals surface area contributed by atoms with Crippen molar-refractivity contribution in [1.29, 1.82) is 0 Å². The molecule has 2 aromatic rings. The number of hydrogen-bond donors (Lipinski definition) is 2. The van der Waals surface area contributed by atoms with Crippen LogP contribution in [0.15, 0.2) is 24.3 Å². The molecule has 1 aromatic heterocycles. The van der Waals surface area contributed by atoms with Crippen LogP contribution < -0.4 is 10.6 Å². The average Bonchev–Trinajstić information content (AvgIpc) is 2.96. The molecule has 0 saturated carbocycles. The molecule has 0 unspecified atom stereocenters. The Morgan fingerprint density at radius 3 is 2.79 bits per heavy atom. The van der Waals surface area contributed by atoms with Gasteiger partial charge in [-0.25, -0.2) is 4.98 Å². The van der Waals surface area contributed by atoms with Crippen molar-refractivity contribution in [3.63, 3.8) is 0 Å². The first-order chi connectivity index (χ1) is 11.2. The average molecular weight is 369 g/mol. The molecule has 0 atom stereocenters. The fraction of sp³-hybridized carbons (Fsp3) is 0.529. The number of halogens is 1. The zero-order chi connectivity index (χ0) is 16.1. The number of hydrogen-bond acceptors (Lipinski definition) is 5. The van der Waals surface area contributed by atoms with Crippen LogP contribution in [0.5, 0.6) is 0 Å². The van der Waals surface area contributed by atoms with Gasteiger partial charge >= 0.3 is 0 Å². The maximum absolute atomic E-state index is 12.2. The van der Waals surface area contributed by atoms with Gasteiger partial charge in [0, 0.05) is 0 Å². The zero-order valence-electron chi connectivity index (χ0n) is 14.0. The topological polar surface area (TPSA) is 57.3 Å². The summed E-state index contributed by atoms with van der Waals surface area (Å²) < 4.78 is 1.10. The molecule has 3 rings (SSSR count). The molecule has 1 saturated heterocycles. The van der Waals surface area contributed by atoms with Crippen LogP contribution in [0.3, 0.4) is 0 Å². The van der Waals surface area contributed by atoms with E-state index in [1.807, 2.05) is 31.3 Å². The molecule has 7 heteroatoms. The van der Waals surface area contributed by atoms with E-state index >= 15 is 0 Å². The number of anilines is 1. The standard InChI is InChI=1S/C17H24N4OS.ClH/c1-18-9-6-13-7-10-21(11-8-13)12-16(22)20-17-19-14-4-2-3-5-15(14)23-17;/h2-5,13,18H,6-12H2,1H3,(H,19,20,22);1H. The first-order valence-electron chi connectivity index (χ1n) is 8.27. The fourth-order valence-electron chi connectivity index (χ4n) is 3.07. The summed E-state index contributed by atoms with van der Waals surface area (Å²) in [6.07, 6.45) is 3.62. The SMILES string of the molecule is CNCCC1CCN(CC(=O)Nc2nc3ccccc3s2)CC1.Cl. The Labute approximate surface area is 153 Å². The van der Waals surface area contributed by atoms with Gasteiger partial charge in [0.05, 0.1) is 16.8 Å². The largest absolute Gasteiger partial charge is 0.320 e. The van der Waals surface area contributed by atoms with Crippen molar-refractivity contribution in [3.8, 4) is 0 Å². The lowest BCUT2D eigenvalue weighted by molar-refractivity contribution is -0.117. The number of benzene rings is 1. The monoisotopic (exact) mass is 368 g/mol. The van der Waals surface area contributed by atoms with Gasteiger partial charge in [-0.2, -0.15) is 0 Å². The van der Waals surface area contributed by atoms with Gasteiger partial charge in [-0.3, -0.25) is 9.69 Å². The second-order valence-electron chi connectivity index (χ2n) is 6.15. The van der Waals surface area contributed by atoms with E-state index < -0.39 is 0 Å². The molecule has 0 aliphatic carbocycles. The second-order valence-corrected chi connectivity index (χ2v) is 7.18. The normalized spacial score (nSPS) is 16.0. The third-order valence-electron chi connectivity index (χ3n) is 4.42.